The van der Waals surface area contributed by atoms with Crippen LogP contribution in [0.4, 0.5) is 0 Å². The summed E-state index contributed by atoms with van der Waals surface area (Å²) >= 11 is 0. The molecule has 19 heavy (non-hydrogen) atoms. The van der Waals surface area contributed by atoms with Crippen molar-refractivity contribution in [2.24, 2.45) is 0 Å². The fourth-order valence-electron chi connectivity index (χ4n) is 2.47. The van der Waals surface area contributed by atoms with Gasteiger partial charge in [-0.1, -0.05) is 39.2 Å². The van der Waals surface area contributed by atoms with Gasteiger partial charge in [0.1, 0.15) is 5.65 Å². The summed E-state index contributed by atoms with van der Waals surface area (Å²) in [6.45, 7) is 5.38. The lowest BCUT2D eigenvalue weighted by Crippen LogP contribution is -2.28. The summed E-state index contributed by atoms with van der Waals surface area (Å²) in [7, 11) is 0. The van der Waals surface area contributed by atoms with Crippen LogP contribution in [0, 0.1) is 0 Å². The first-order valence-electron chi connectivity index (χ1n) is 7.49. The molecule has 1 N–H and O–H groups in total. The molecule has 104 valence electrons. The second-order valence-corrected chi connectivity index (χ2v) is 5.21. The zero-order valence-electron chi connectivity index (χ0n) is 12.1. The fraction of sp³-hybridized carbons (Fsp3) is 0.562. The summed E-state index contributed by atoms with van der Waals surface area (Å²) in [6, 6.07) is 6.74. The maximum atomic E-state index is 4.63. The molecule has 0 aliphatic heterocycles. The van der Waals surface area contributed by atoms with Crippen LogP contribution in [0.5, 0.6) is 0 Å². The van der Waals surface area contributed by atoms with E-state index in [1.807, 2.05) is 24.4 Å². The smallest absolute Gasteiger partial charge is 0.137 e. The maximum absolute atomic E-state index is 4.63. The lowest BCUT2D eigenvalue weighted by Gasteiger charge is -2.16. The minimum Gasteiger partial charge on any atom is -0.308 e. The van der Waals surface area contributed by atoms with Gasteiger partial charge in [0, 0.05) is 25.0 Å². The molecular formula is C16H25N3. The zero-order valence-corrected chi connectivity index (χ0v) is 12.1. The fourth-order valence-corrected chi connectivity index (χ4v) is 2.47. The van der Waals surface area contributed by atoms with Crippen molar-refractivity contribution >= 4 is 5.65 Å². The highest BCUT2D eigenvalue weighted by atomic mass is 15.0. The van der Waals surface area contributed by atoms with Crippen molar-refractivity contribution in [1.29, 1.82) is 0 Å². The Labute approximate surface area is 116 Å². The van der Waals surface area contributed by atoms with E-state index in [0.717, 1.165) is 17.9 Å². The minimum atomic E-state index is 0.634. The third-order valence-corrected chi connectivity index (χ3v) is 3.53. The molecule has 0 saturated heterocycles. The molecule has 2 rings (SSSR count). The molecule has 0 aromatic carbocycles. The molecule has 0 fully saturated rings. The highest BCUT2D eigenvalue weighted by Gasteiger charge is 2.08. The summed E-state index contributed by atoms with van der Waals surface area (Å²) in [6.07, 6.45) is 10.5. The average Bonchev–Trinajstić information content (AvgIpc) is 2.84. The molecule has 2 aromatic heterocycles. The van der Waals surface area contributed by atoms with Crippen LogP contribution in [0.15, 0.2) is 30.6 Å². The van der Waals surface area contributed by atoms with Gasteiger partial charge in [0.2, 0.25) is 0 Å². The second-order valence-electron chi connectivity index (χ2n) is 5.21. The third-order valence-electron chi connectivity index (χ3n) is 3.53. The number of nitrogens with one attached hydrogen (secondary N) is 1. The number of aromatic nitrogens is 2. The van der Waals surface area contributed by atoms with Crippen LogP contribution in [0.25, 0.3) is 5.65 Å². The maximum Gasteiger partial charge on any atom is 0.137 e. The van der Waals surface area contributed by atoms with E-state index in [0.29, 0.717) is 6.04 Å². The molecule has 0 aliphatic carbocycles. The Hall–Kier alpha value is -1.35. The molecule has 3 heteroatoms. The Bertz CT molecular complexity index is 456. The molecule has 0 spiro atoms. The standard InChI is InChI=1S/C16H25N3/c1-3-5-9-14(8-4-2)17-12-15-13-19-11-7-6-10-16(19)18-15/h6-7,10-11,13-14,17H,3-5,8-9,12H2,1-2H3. The zero-order chi connectivity index (χ0) is 13.5. The van der Waals surface area contributed by atoms with Gasteiger partial charge in [0.05, 0.1) is 5.69 Å². The van der Waals surface area contributed by atoms with Crippen molar-refractivity contribution in [3.8, 4) is 0 Å². The van der Waals surface area contributed by atoms with Gasteiger partial charge in [0.25, 0.3) is 0 Å². The summed E-state index contributed by atoms with van der Waals surface area (Å²) in [4.78, 5) is 4.63. The summed E-state index contributed by atoms with van der Waals surface area (Å²) in [5.41, 5.74) is 2.16. The number of hydrogen-bond acceptors (Lipinski definition) is 2. The number of imidazole rings is 1. The van der Waals surface area contributed by atoms with Gasteiger partial charge in [0.15, 0.2) is 0 Å². The van der Waals surface area contributed by atoms with E-state index in [2.05, 4.69) is 34.7 Å². The number of unbranched alkanes of at least 4 members (excludes halogenated alkanes) is 1. The SMILES string of the molecule is CCCCC(CCC)NCc1cn2ccccc2n1. The first kappa shape index (κ1) is 14.1. The van der Waals surface area contributed by atoms with Crippen LogP contribution in [0.3, 0.4) is 0 Å². The van der Waals surface area contributed by atoms with Crippen LogP contribution in [0.1, 0.15) is 51.6 Å². The summed E-state index contributed by atoms with van der Waals surface area (Å²) in [5.74, 6) is 0. The largest absolute Gasteiger partial charge is 0.308 e. The van der Waals surface area contributed by atoms with Gasteiger partial charge in [-0.3, -0.25) is 0 Å². The third kappa shape index (κ3) is 4.06. The van der Waals surface area contributed by atoms with Crippen molar-refractivity contribution in [2.75, 3.05) is 0 Å². The normalized spacial score (nSPS) is 12.9. The molecule has 1 atom stereocenters. The monoisotopic (exact) mass is 259 g/mol. The molecule has 2 heterocycles. The van der Waals surface area contributed by atoms with Crippen molar-refractivity contribution in [3.63, 3.8) is 0 Å². The molecular weight excluding hydrogens is 234 g/mol. The van der Waals surface area contributed by atoms with Crippen molar-refractivity contribution < 1.29 is 0 Å². The van der Waals surface area contributed by atoms with Crippen LogP contribution < -0.4 is 5.32 Å². The van der Waals surface area contributed by atoms with Crippen LogP contribution in [0.2, 0.25) is 0 Å². The Morgan fingerprint density at radius 2 is 2.11 bits per heavy atom. The predicted molar refractivity (Wildman–Crippen MR) is 80.3 cm³/mol. The van der Waals surface area contributed by atoms with E-state index in [4.69, 9.17) is 0 Å². The van der Waals surface area contributed by atoms with Crippen molar-refractivity contribution in [3.05, 3.63) is 36.3 Å². The van der Waals surface area contributed by atoms with Gasteiger partial charge >= 0.3 is 0 Å². The Kier molecular flexibility index (Phi) is 5.40. The quantitative estimate of drug-likeness (QED) is 0.781. The van der Waals surface area contributed by atoms with E-state index in [9.17, 15) is 0 Å². The molecule has 0 amide bonds. The van der Waals surface area contributed by atoms with E-state index in [-0.39, 0.29) is 0 Å². The topological polar surface area (TPSA) is 29.3 Å². The summed E-state index contributed by atoms with van der Waals surface area (Å²) < 4.78 is 2.08. The Morgan fingerprint density at radius 3 is 2.84 bits per heavy atom. The van der Waals surface area contributed by atoms with E-state index in [1.165, 1.54) is 32.1 Å². The number of pyridine rings is 1. The molecule has 0 saturated carbocycles. The molecule has 0 bridgehead atoms. The molecule has 0 aliphatic rings. The lowest BCUT2D eigenvalue weighted by atomic mass is 10.1. The first-order chi connectivity index (χ1) is 9.33. The first-order valence-corrected chi connectivity index (χ1v) is 7.49. The molecule has 0 radical (unpaired) electrons. The minimum absolute atomic E-state index is 0.634. The number of hydrogen-bond donors (Lipinski definition) is 1. The van der Waals surface area contributed by atoms with Crippen LogP contribution >= 0.6 is 0 Å². The van der Waals surface area contributed by atoms with E-state index >= 15 is 0 Å². The van der Waals surface area contributed by atoms with Gasteiger partial charge in [-0.25, -0.2) is 4.98 Å². The van der Waals surface area contributed by atoms with Crippen molar-refractivity contribution in [1.82, 2.24) is 14.7 Å². The Morgan fingerprint density at radius 1 is 1.21 bits per heavy atom. The number of fused-ring (bicyclic) bond motifs is 1. The van der Waals surface area contributed by atoms with Crippen LogP contribution in [-0.2, 0) is 6.54 Å². The molecule has 1 unspecified atom stereocenters. The molecule has 3 nitrogen and oxygen atoms in total. The van der Waals surface area contributed by atoms with Gasteiger partial charge in [-0.05, 0) is 25.0 Å². The summed E-state index contributed by atoms with van der Waals surface area (Å²) in [5, 5.41) is 3.66. The van der Waals surface area contributed by atoms with Crippen molar-refractivity contribution in [2.45, 2.75) is 58.5 Å². The van der Waals surface area contributed by atoms with Gasteiger partial charge in [-0.2, -0.15) is 0 Å². The lowest BCUT2D eigenvalue weighted by molar-refractivity contribution is 0.432. The van der Waals surface area contributed by atoms with E-state index in [1.54, 1.807) is 0 Å². The number of nitrogens with zero attached hydrogens (tertiary/aromatic N) is 2. The average molecular weight is 259 g/mol. The highest BCUT2D eigenvalue weighted by molar-refractivity contribution is 5.39. The predicted octanol–water partition coefficient (Wildman–Crippen LogP) is 3.78. The number of rotatable bonds is 8. The molecule has 2 aromatic rings. The van der Waals surface area contributed by atoms with Gasteiger partial charge < -0.3 is 9.72 Å². The second kappa shape index (κ2) is 7.29. The van der Waals surface area contributed by atoms with Gasteiger partial charge in [-0.15, -0.1) is 0 Å². The van der Waals surface area contributed by atoms with E-state index < -0.39 is 0 Å². The Balaban J connectivity index is 1.91. The highest BCUT2D eigenvalue weighted by Crippen LogP contribution is 2.09. The van der Waals surface area contributed by atoms with Crippen LogP contribution in [-0.4, -0.2) is 15.4 Å².